The van der Waals surface area contributed by atoms with Gasteiger partial charge in [-0.25, -0.2) is 13.4 Å². The van der Waals surface area contributed by atoms with Crippen LogP contribution in [-0.4, -0.2) is 52.4 Å². The Labute approximate surface area is 213 Å². The molecule has 8 nitrogen and oxygen atoms in total. The standard InChI is InChI=1S/C25H32N6O2S2/c1-6-20-21(15-26)23(30(3)14-13-28-25(2)11-12-25)29-24(22(20)16-27)34-17-18-7-9-19(10-8-18)31(4)35(5,32)33/h7-10,28H,6,11-14,17H2,1-5H3. The molecule has 1 saturated carbocycles. The van der Waals surface area contributed by atoms with Crippen LogP contribution in [-0.2, 0) is 22.2 Å². The normalized spacial score (nSPS) is 14.1. The van der Waals surface area contributed by atoms with E-state index in [1.807, 2.05) is 31.0 Å². The molecule has 1 aromatic heterocycles. The van der Waals surface area contributed by atoms with Crippen LogP contribution in [0, 0.1) is 22.7 Å². The summed E-state index contributed by atoms with van der Waals surface area (Å²) in [6.07, 6.45) is 4.09. The van der Waals surface area contributed by atoms with Crippen LogP contribution in [0.25, 0.3) is 0 Å². The van der Waals surface area contributed by atoms with E-state index in [1.54, 1.807) is 12.1 Å². The molecule has 1 aliphatic rings. The van der Waals surface area contributed by atoms with Gasteiger partial charge >= 0.3 is 0 Å². The molecule has 0 bridgehead atoms. The van der Waals surface area contributed by atoms with E-state index >= 15 is 0 Å². The van der Waals surface area contributed by atoms with Crippen molar-refractivity contribution in [3.8, 4) is 12.1 Å². The second-order valence-corrected chi connectivity index (χ2v) is 12.1. The van der Waals surface area contributed by atoms with E-state index in [4.69, 9.17) is 4.98 Å². The van der Waals surface area contributed by atoms with E-state index in [9.17, 15) is 18.9 Å². The Kier molecular flexibility index (Phi) is 8.32. The number of hydrogen-bond donors (Lipinski definition) is 1. The quantitative estimate of drug-likeness (QED) is 0.454. The lowest BCUT2D eigenvalue weighted by Crippen LogP contribution is -2.36. The van der Waals surface area contributed by atoms with Crippen molar-refractivity contribution in [3.05, 3.63) is 46.5 Å². The van der Waals surface area contributed by atoms with E-state index in [2.05, 4.69) is 24.4 Å². The Morgan fingerprint density at radius 1 is 1.14 bits per heavy atom. The summed E-state index contributed by atoms with van der Waals surface area (Å²) in [4.78, 5) is 6.76. The van der Waals surface area contributed by atoms with E-state index in [1.165, 1.54) is 42.2 Å². The van der Waals surface area contributed by atoms with Crippen LogP contribution >= 0.6 is 11.8 Å². The van der Waals surface area contributed by atoms with E-state index in [0.717, 1.165) is 17.7 Å². The molecule has 10 heteroatoms. The van der Waals surface area contributed by atoms with Crippen molar-refractivity contribution in [1.29, 1.82) is 10.5 Å². The number of anilines is 2. The van der Waals surface area contributed by atoms with Crippen LogP contribution < -0.4 is 14.5 Å². The van der Waals surface area contributed by atoms with Crippen LogP contribution in [0.3, 0.4) is 0 Å². The van der Waals surface area contributed by atoms with Gasteiger partial charge in [-0.05, 0) is 49.4 Å². The lowest BCUT2D eigenvalue weighted by molar-refractivity contribution is 0.540. The van der Waals surface area contributed by atoms with Crippen LogP contribution in [0.4, 0.5) is 11.5 Å². The highest BCUT2D eigenvalue weighted by Gasteiger charge is 2.36. The molecular formula is C25H32N6O2S2. The number of likely N-dealkylation sites (N-methyl/N-ethyl adjacent to an activating group) is 1. The molecule has 3 rings (SSSR count). The summed E-state index contributed by atoms with van der Waals surface area (Å²) >= 11 is 1.45. The molecule has 0 unspecified atom stereocenters. The monoisotopic (exact) mass is 512 g/mol. The third-order valence-electron chi connectivity index (χ3n) is 6.36. The molecule has 0 radical (unpaired) electrons. The fraction of sp³-hybridized carbons (Fsp3) is 0.480. The van der Waals surface area contributed by atoms with E-state index in [0.29, 0.717) is 46.4 Å². The average molecular weight is 513 g/mol. The fourth-order valence-electron chi connectivity index (χ4n) is 3.70. The highest BCUT2D eigenvalue weighted by molar-refractivity contribution is 7.98. The van der Waals surface area contributed by atoms with E-state index < -0.39 is 10.0 Å². The maximum absolute atomic E-state index is 11.8. The summed E-state index contributed by atoms with van der Waals surface area (Å²) in [5.41, 5.74) is 3.43. The molecule has 1 aromatic carbocycles. The topological polar surface area (TPSA) is 113 Å². The second kappa shape index (κ2) is 10.9. The molecule has 1 fully saturated rings. The predicted octanol–water partition coefficient (Wildman–Crippen LogP) is 3.65. The molecule has 0 aliphatic heterocycles. The van der Waals surface area contributed by atoms with Crippen molar-refractivity contribution in [2.45, 2.75) is 49.4 Å². The van der Waals surface area contributed by atoms with Crippen LogP contribution in [0.2, 0.25) is 0 Å². The highest BCUT2D eigenvalue weighted by Crippen LogP contribution is 2.35. The highest BCUT2D eigenvalue weighted by atomic mass is 32.2. The Hall–Kier alpha value is -2.79. The first-order chi connectivity index (χ1) is 16.5. The molecule has 0 amide bonds. The Morgan fingerprint density at radius 2 is 1.77 bits per heavy atom. The number of sulfonamides is 1. The first kappa shape index (κ1) is 26.8. The predicted molar refractivity (Wildman–Crippen MR) is 141 cm³/mol. The minimum absolute atomic E-state index is 0.234. The number of pyridine rings is 1. The molecule has 1 heterocycles. The number of nitrogens with one attached hydrogen (secondary N) is 1. The minimum atomic E-state index is -3.33. The van der Waals surface area contributed by atoms with Crippen molar-refractivity contribution < 1.29 is 8.42 Å². The van der Waals surface area contributed by atoms with Crippen LogP contribution in [0.1, 0.15) is 48.9 Å². The number of nitrogens with zero attached hydrogens (tertiary/aromatic N) is 5. The van der Waals surface area contributed by atoms with Crippen molar-refractivity contribution in [2.75, 3.05) is 42.6 Å². The van der Waals surface area contributed by atoms with Crippen molar-refractivity contribution >= 4 is 33.3 Å². The molecular weight excluding hydrogens is 480 g/mol. The summed E-state index contributed by atoms with van der Waals surface area (Å²) in [6.45, 7) is 5.65. The lowest BCUT2D eigenvalue weighted by atomic mass is 10.0. The smallest absolute Gasteiger partial charge is 0.231 e. The average Bonchev–Trinajstić information content (AvgIpc) is 3.57. The van der Waals surface area contributed by atoms with Gasteiger partial charge in [0.05, 0.1) is 23.1 Å². The van der Waals surface area contributed by atoms with Crippen LogP contribution in [0.5, 0.6) is 0 Å². The van der Waals surface area contributed by atoms with Crippen molar-refractivity contribution in [2.24, 2.45) is 0 Å². The molecule has 0 saturated heterocycles. The van der Waals surface area contributed by atoms with Crippen molar-refractivity contribution in [3.63, 3.8) is 0 Å². The van der Waals surface area contributed by atoms with Gasteiger partial charge in [0.15, 0.2) is 0 Å². The minimum Gasteiger partial charge on any atom is -0.357 e. The molecule has 35 heavy (non-hydrogen) atoms. The summed E-state index contributed by atoms with van der Waals surface area (Å²) in [7, 11) is 0.120. The molecule has 2 aromatic rings. The summed E-state index contributed by atoms with van der Waals surface area (Å²) in [6, 6.07) is 11.8. The van der Waals surface area contributed by atoms with Crippen LogP contribution in [0.15, 0.2) is 29.3 Å². The zero-order valence-electron chi connectivity index (χ0n) is 20.9. The number of aromatic nitrogens is 1. The van der Waals surface area contributed by atoms with Gasteiger partial charge in [0.25, 0.3) is 0 Å². The molecule has 0 spiro atoms. The number of hydrogen-bond acceptors (Lipinski definition) is 8. The SMILES string of the molecule is CCc1c(C#N)c(SCc2ccc(N(C)S(C)(=O)=O)cc2)nc(N(C)CCNC2(C)CC2)c1C#N. The maximum Gasteiger partial charge on any atom is 0.231 e. The van der Waals surface area contributed by atoms with Gasteiger partial charge in [-0.15, -0.1) is 11.8 Å². The first-order valence-corrected chi connectivity index (χ1v) is 14.3. The lowest BCUT2D eigenvalue weighted by Gasteiger charge is -2.23. The van der Waals surface area contributed by atoms with Gasteiger partial charge in [-0.1, -0.05) is 19.1 Å². The van der Waals surface area contributed by atoms with Gasteiger partial charge in [-0.2, -0.15) is 10.5 Å². The van der Waals surface area contributed by atoms with E-state index in [-0.39, 0.29) is 5.54 Å². The number of rotatable bonds is 11. The maximum atomic E-state index is 11.8. The Balaban J connectivity index is 1.83. The summed E-state index contributed by atoms with van der Waals surface area (Å²) in [5, 5.41) is 23.9. The number of nitriles is 2. The van der Waals surface area contributed by atoms with Gasteiger partial charge in [-0.3, -0.25) is 4.31 Å². The summed E-state index contributed by atoms with van der Waals surface area (Å²) < 4.78 is 24.8. The zero-order valence-corrected chi connectivity index (χ0v) is 22.6. The van der Waals surface area contributed by atoms with Gasteiger partial charge in [0, 0.05) is 38.5 Å². The Bertz CT molecular complexity index is 1260. The van der Waals surface area contributed by atoms with Gasteiger partial charge < -0.3 is 10.2 Å². The number of benzene rings is 1. The number of thioether (sulfide) groups is 1. The van der Waals surface area contributed by atoms with Crippen molar-refractivity contribution in [1.82, 2.24) is 10.3 Å². The molecule has 0 atom stereocenters. The second-order valence-electron chi connectivity index (χ2n) is 9.14. The molecule has 186 valence electrons. The zero-order chi connectivity index (χ0) is 25.8. The van der Waals surface area contributed by atoms with Gasteiger partial charge in [0.2, 0.25) is 10.0 Å². The summed E-state index contributed by atoms with van der Waals surface area (Å²) in [5.74, 6) is 1.15. The Morgan fingerprint density at radius 3 is 2.29 bits per heavy atom. The fourth-order valence-corrected chi connectivity index (χ4v) is 5.17. The third-order valence-corrected chi connectivity index (χ3v) is 8.61. The molecule has 1 aliphatic carbocycles. The third kappa shape index (κ3) is 6.46. The first-order valence-electron chi connectivity index (χ1n) is 11.5. The van der Waals surface area contributed by atoms with Gasteiger partial charge in [0.1, 0.15) is 23.0 Å². The molecule has 1 N–H and O–H groups in total. The largest absolute Gasteiger partial charge is 0.357 e.